The molecule has 2 amide bonds. The third-order valence-electron chi connectivity index (χ3n) is 6.49. The Morgan fingerprint density at radius 3 is 2.66 bits per heavy atom. The predicted octanol–water partition coefficient (Wildman–Crippen LogP) is 5.82. The highest BCUT2D eigenvalue weighted by Crippen LogP contribution is 2.42. The van der Waals surface area contributed by atoms with E-state index in [1.165, 1.54) is 23.9 Å². The molecule has 2 aliphatic rings. The lowest BCUT2D eigenvalue weighted by molar-refractivity contribution is -0.129. The first-order valence-corrected chi connectivity index (χ1v) is 12.4. The van der Waals surface area contributed by atoms with Crippen LogP contribution in [0.3, 0.4) is 0 Å². The van der Waals surface area contributed by atoms with Gasteiger partial charge in [0, 0.05) is 16.0 Å². The number of fused-ring (bicyclic) bond motifs is 1. The summed E-state index contributed by atoms with van der Waals surface area (Å²) in [7, 11) is 0. The molecule has 32 heavy (non-hydrogen) atoms. The van der Waals surface area contributed by atoms with Crippen LogP contribution in [0.2, 0.25) is 5.02 Å². The smallest absolute Gasteiger partial charge is 0.241 e. The number of rotatable bonds is 5. The van der Waals surface area contributed by atoms with Crippen molar-refractivity contribution in [3.05, 3.63) is 58.9 Å². The molecule has 0 aromatic heterocycles. The summed E-state index contributed by atoms with van der Waals surface area (Å²) in [6, 6.07) is 12.0. The quantitative estimate of drug-likeness (QED) is 0.594. The first kappa shape index (κ1) is 23.1. The zero-order valence-electron chi connectivity index (χ0n) is 18.3. The van der Waals surface area contributed by atoms with Gasteiger partial charge in [0.15, 0.2) is 0 Å². The maximum atomic E-state index is 13.6. The zero-order chi connectivity index (χ0) is 22.8. The third kappa shape index (κ3) is 4.96. The van der Waals surface area contributed by atoms with Crippen molar-refractivity contribution < 1.29 is 14.0 Å². The summed E-state index contributed by atoms with van der Waals surface area (Å²) in [5.74, 6) is -0.394. The second kappa shape index (κ2) is 9.84. The van der Waals surface area contributed by atoms with Gasteiger partial charge in [0.2, 0.25) is 11.8 Å². The molecule has 4 rings (SSSR count). The summed E-state index contributed by atoms with van der Waals surface area (Å²) in [6.45, 7) is 4.30. The monoisotopic (exact) mass is 474 g/mol. The summed E-state index contributed by atoms with van der Waals surface area (Å²) >= 11 is 7.68. The minimum absolute atomic E-state index is 0.0745. The van der Waals surface area contributed by atoms with E-state index in [2.05, 4.69) is 12.2 Å². The molecular formula is C25H28ClFN2O2S. The van der Waals surface area contributed by atoms with Crippen LogP contribution in [0, 0.1) is 17.7 Å². The second-order valence-electron chi connectivity index (χ2n) is 8.92. The van der Waals surface area contributed by atoms with Crippen LogP contribution in [0.1, 0.15) is 45.1 Å². The molecule has 0 radical (unpaired) electrons. The number of benzene rings is 2. The number of carbonyl (C=O) groups excluding carboxylic acids is 2. The van der Waals surface area contributed by atoms with Gasteiger partial charge in [0.05, 0.1) is 18.2 Å². The van der Waals surface area contributed by atoms with Crippen molar-refractivity contribution >= 4 is 40.9 Å². The second-order valence-corrected chi connectivity index (χ2v) is 10.5. The van der Waals surface area contributed by atoms with Crippen molar-refractivity contribution in [2.24, 2.45) is 11.8 Å². The maximum Gasteiger partial charge on any atom is 0.241 e. The Bertz CT molecular complexity index is 1010. The molecule has 2 aromatic rings. The molecule has 1 aliphatic carbocycles. The van der Waals surface area contributed by atoms with Crippen LogP contribution in [-0.2, 0) is 16.1 Å². The van der Waals surface area contributed by atoms with E-state index in [0.717, 1.165) is 36.3 Å². The molecule has 1 saturated carbocycles. The Kier molecular flexibility index (Phi) is 7.11. The fourth-order valence-corrected chi connectivity index (χ4v) is 5.93. The number of anilines is 1. The van der Waals surface area contributed by atoms with Gasteiger partial charge in [-0.05, 0) is 61.4 Å². The van der Waals surface area contributed by atoms with E-state index >= 15 is 0 Å². The minimum atomic E-state index is -0.536. The summed E-state index contributed by atoms with van der Waals surface area (Å²) in [5.41, 5.74) is 1.45. The highest BCUT2D eigenvalue weighted by Gasteiger charge is 2.40. The van der Waals surface area contributed by atoms with Crippen molar-refractivity contribution in [2.45, 2.75) is 62.3 Å². The summed E-state index contributed by atoms with van der Waals surface area (Å²) in [6.07, 6.45) is 4.22. The van der Waals surface area contributed by atoms with E-state index in [9.17, 15) is 14.0 Å². The fraction of sp³-hybridized carbons (Fsp3) is 0.440. The molecule has 0 saturated heterocycles. The predicted molar refractivity (Wildman–Crippen MR) is 127 cm³/mol. The van der Waals surface area contributed by atoms with Crippen molar-refractivity contribution in [2.75, 3.05) is 4.90 Å². The Hall–Kier alpha value is -2.05. The van der Waals surface area contributed by atoms with E-state index in [0.29, 0.717) is 11.5 Å². The van der Waals surface area contributed by atoms with Gasteiger partial charge in [-0.25, -0.2) is 4.39 Å². The van der Waals surface area contributed by atoms with Crippen LogP contribution < -0.4 is 10.2 Å². The molecule has 1 aliphatic heterocycles. The first-order valence-electron chi connectivity index (χ1n) is 11.1. The molecule has 1 N–H and O–H groups in total. The van der Waals surface area contributed by atoms with Crippen LogP contribution in [0.4, 0.5) is 10.1 Å². The molecule has 2 aromatic carbocycles. The van der Waals surface area contributed by atoms with Gasteiger partial charge in [-0.3, -0.25) is 9.59 Å². The Labute approximate surface area is 197 Å². The standard InChI is InChI=1S/C25H28ClFN2O2S/c1-15-7-11-19(12-8-15)28-24(30)16(2)23-25(31)29(21-5-3-4-6-22(21)32-23)14-17-9-10-18(27)13-20(17)26/h3-6,9-10,13,15-16,19,23H,7-8,11-12,14H2,1-2H3,(H,28,30)/t15?,16-,19?,23+/m0/s1. The van der Waals surface area contributed by atoms with Gasteiger partial charge in [-0.15, -0.1) is 11.8 Å². The number of hydrogen-bond donors (Lipinski definition) is 1. The first-order chi connectivity index (χ1) is 15.3. The van der Waals surface area contributed by atoms with Crippen molar-refractivity contribution in [3.63, 3.8) is 0 Å². The minimum Gasteiger partial charge on any atom is -0.353 e. The van der Waals surface area contributed by atoms with Gasteiger partial charge >= 0.3 is 0 Å². The largest absolute Gasteiger partial charge is 0.353 e. The number of thioether (sulfide) groups is 1. The van der Waals surface area contributed by atoms with Crippen LogP contribution >= 0.6 is 23.4 Å². The zero-order valence-corrected chi connectivity index (χ0v) is 19.9. The summed E-state index contributed by atoms with van der Waals surface area (Å²) in [4.78, 5) is 29.2. The highest BCUT2D eigenvalue weighted by molar-refractivity contribution is 8.01. The van der Waals surface area contributed by atoms with Crippen molar-refractivity contribution in [1.29, 1.82) is 0 Å². The molecule has 4 nitrogen and oxygen atoms in total. The molecule has 170 valence electrons. The third-order valence-corrected chi connectivity index (χ3v) is 8.31. The number of para-hydroxylation sites is 1. The molecular weight excluding hydrogens is 447 g/mol. The fourth-order valence-electron chi connectivity index (χ4n) is 4.41. The number of nitrogens with zero attached hydrogens (tertiary/aromatic N) is 1. The van der Waals surface area contributed by atoms with Crippen molar-refractivity contribution in [1.82, 2.24) is 5.32 Å². The molecule has 0 unspecified atom stereocenters. The maximum absolute atomic E-state index is 13.6. The van der Waals surface area contributed by atoms with Gasteiger partial charge in [0.25, 0.3) is 0 Å². The van der Waals surface area contributed by atoms with Crippen molar-refractivity contribution in [3.8, 4) is 0 Å². The Balaban J connectivity index is 1.54. The van der Waals surface area contributed by atoms with Crippen LogP contribution in [0.5, 0.6) is 0 Å². The lowest BCUT2D eigenvalue weighted by atomic mass is 9.87. The number of amides is 2. The van der Waals surface area contributed by atoms with E-state index in [-0.39, 0.29) is 29.4 Å². The molecule has 0 spiro atoms. The average molecular weight is 475 g/mol. The summed E-state index contributed by atoms with van der Waals surface area (Å²) in [5, 5.41) is 2.92. The van der Waals surface area contributed by atoms with E-state index < -0.39 is 17.0 Å². The molecule has 1 fully saturated rings. The van der Waals surface area contributed by atoms with E-state index in [4.69, 9.17) is 11.6 Å². The normalized spacial score (nSPS) is 24.1. The topological polar surface area (TPSA) is 49.4 Å². The number of hydrogen-bond acceptors (Lipinski definition) is 3. The lowest BCUT2D eigenvalue weighted by Crippen LogP contribution is -2.49. The van der Waals surface area contributed by atoms with Gasteiger partial charge in [-0.1, -0.05) is 43.6 Å². The Morgan fingerprint density at radius 1 is 1.22 bits per heavy atom. The van der Waals surface area contributed by atoms with Gasteiger partial charge < -0.3 is 10.2 Å². The number of carbonyl (C=O) groups is 2. The van der Waals surface area contributed by atoms with E-state index in [1.807, 2.05) is 31.2 Å². The van der Waals surface area contributed by atoms with Gasteiger partial charge in [0.1, 0.15) is 11.1 Å². The van der Waals surface area contributed by atoms with Gasteiger partial charge in [-0.2, -0.15) is 0 Å². The average Bonchev–Trinajstić information content (AvgIpc) is 2.78. The van der Waals surface area contributed by atoms with Crippen LogP contribution in [0.25, 0.3) is 0 Å². The Morgan fingerprint density at radius 2 is 1.94 bits per heavy atom. The van der Waals surface area contributed by atoms with Crippen LogP contribution in [0.15, 0.2) is 47.4 Å². The van der Waals surface area contributed by atoms with Crippen LogP contribution in [-0.4, -0.2) is 23.1 Å². The SMILES string of the molecule is CC1CCC(NC(=O)[C@@H](C)[C@H]2Sc3ccccc3N(Cc3ccc(F)cc3Cl)C2=O)CC1. The van der Waals surface area contributed by atoms with E-state index in [1.54, 1.807) is 11.0 Å². The molecule has 2 atom stereocenters. The molecule has 7 heteroatoms. The number of nitrogens with one attached hydrogen (secondary N) is 1. The lowest BCUT2D eigenvalue weighted by Gasteiger charge is -2.36. The summed E-state index contributed by atoms with van der Waals surface area (Å²) < 4.78 is 13.5. The highest BCUT2D eigenvalue weighted by atomic mass is 35.5. The molecule has 1 heterocycles. The number of halogens is 2. The molecule has 0 bridgehead atoms.